The van der Waals surface area contributed by atoms with E-state index in [0.717, 1.165) is 17.7 Å². The van der Waals surface area contributed by atoms with Gasteiger partial charge in [-0.3, -0.25) is 0 Å². The van der Waals surface area contributed by atoms with Gasteiger partial charge in [-0.05, 0) is 29.7 Å². The Hall–Kier alpha value is -1.84. The molecule has 3 nitrogen and oxygen atoms in total. The number of aliphatic hydroxyl groups is 1. The smallest absolute Gasteiger partial charge is 0.118 e. The summed E-state index contributed by atoms with van der Waals surface area (Å²) in [5.74, 6) is 0.974. The molecule has 1 atom stereocenters. The predicted octanol–water partition coefficient (Wildman–Crippen LogP) is 3.06. The highest BCUT2D eigenvalue weighted by molar-refractivity contribution is 5.26. The Kier molecular flexibility index (Phi) is 6.25. The van der Waals surface area contributed by atoms with Crippen molar-refractivity contribution in [2.75, 3.05) is 20.3 Å². The second kappa shape index (κ2) is 8.45. The largest absolute Gasteiger partial charge is 0.497 e. The van der Waals surface area contributed by atoms with Gasteiger partial charge in [0.05, 0.1) is 20.3 Å². The van der Waals surface area contributed by atoms with Crippen molar-refractivity contribution in [3.8, 4) is 5.75 Å². The fourth-order valence-corrected chi connectivity index (χ4v) is 2.19. The van der Waals surface area contributed by atoms with Gasteiger partial charge in [-0.1, -0.05) is 42.5 Å². The third-order valence-electron chi connectivity index (χ3n) is 3.41. The summed E-state index contributed by atoms with van der Waals surface area (Å²) in [6.07, 6.45) is 0.833. The van der Waals surface area contributed by atoms with Crippen LogP contribution in [0.3, 0.4) is 0 Å². The Labute approximate surface area is 126 Å². The maximum atomic E-state index is 9.46. The van der Waals surface area contributed by atoms with Crippen LogP contribution in [-0.2, 0) is 17.8 Å². The lowest BCUT2D eigenvalue weighted by Gasteiger charge is -2.14. The highest BCUT2D eigenvalue weighted by Gasteiger charge is 2.09. The van der Waals surface area contributed by atoms with Crippen LogP contribution in [0, 0.1) is 5.92 Å². The number of hydrogen-bond acceptors (Lipinski definition) is 3. The Morgan fingerprint density at radius 1 is 0.952 bits per heavy atom. The first-order valence-electron chi connectivity index (χ1n) is 7.17. The Morgan fingerprint density at radius 3 is 2.29 bits per heavy atom. The molecule has 0 saturated heterocycles. The van der Waals surface area contributed by atoms with Gasteiger partial charge >= 0.3 is 0 Å². The van der Waals surface area contributed by atoms with Crippen LogP contribution in [0.1, 0.15) is 11.1 Å². The molecule has 0 heterocycles. The van der Waals surface area contributed by atoms with Gasteiger partial charge in [-0.2, -0.15) is 0 Å². The second-order valence-electron chi connectivity index (χ2n) is 5.10. The maximum absolute atomic E-state index is 9.46. The van der Waals surface area contributed by atoms with Gasteiger partial charge < -0.3 is 14.6 Å². The molecule has 0 unspecified atom stereocenters. The van der Waals surface area contributed by atoms with Crippen molar-refractivity contribution < 1.29 is 14.6 Å². The first kappa shape index (κ1) is 15.5. The predicted molar refractivity (Wildman–Crippen MR) is 83.4 cm³/mol. The second-order valence-corrected chi connectivity index (χ2v) is 5.10. The summed E-state index contributed by atoms with van der Waals surface area (Å²) >= 11 is 0. The topological polar surface area (TPSA) is 38.7 Å². The average molecular weight is 286 g/mol. The Morgan fingerprint density at radius 2 is 1.67 bits per heavy atom. The van der Waals surface area contributed by atoms with E-state index in [1.54, 1.807) is 7.11 Å². The lowest BCUT2D eigenvalue weighted by molar-refractivity contribution is 0.0629. The Bertz CT molecular complexity index is 508. The van der Waals surface area contributed by atoms with E-state index in [1.165, 1.54) is 5.56 Å². The molecular weight excluding hydrogens is 264 g/mol. The molecular formula is C18H22O3. The molecule has 2 aromatic rings. The fraction of sp³-hybridized carbons (Fsp3) is 0.333. The van der Waals surface area contributed by atoms with Gasteiger partial charge in [0.1, 0.15) is 5.75 Å². The van der Waals surface area contributed by atoms with Crippen LogP contribution in [0.25, 0.3) is 0 Å². The van der Waals surface area contributed by atoms with Crippen molar-refractivity contribution in [3.05, 3.63) is 65.7 Å². The molecule has 21 heavy (non-hydrogen) atoms. The van der Waals surface area contributed by atoms with Crippen molar-refractivity contribution in [2.24, 2.45) is 5.92 Å². The molecule has 0 aromatic heterocycles. The van der Waals surface area contributed by atoms with Gasteiger partial charge in [-0.25, -0.2) is 0 Å². The number of rotatable bonds is 8. The van der Waals surface area contributed by atoms with Crippen LogP contribution in [-0.4, -0.2) is 25.4 Å². The number of hydrogen-bond donors (Lipinski definition) is 1. The van der Waals surface area contributed by atoms with Crippen molar-refractivity contribution in [1.82, 2.24) is 0 Å². The normalized spacial score (nSPS) is 12.1. The maximum Gasteiger partial charge on any atom is 0.118 e. The van der Waals surface area contributed by atoms with Crippen LogP contribution < -0.4 is 4.74 Å². The fourth-order valence-electron chi connectivity index (χ4n) is 2.19. The summed E-state index contributed by atoms with van der Waals surface area (Å²) in [5.41, 5.74) is 2.33. The van der Waals surface area contributed by atoms with Crippen molar-refractivity contribution >= 4 is 0 Å². The molecule has 3 heteroatoms. The third kappa shape index (κ3) is 5.21. The summed E-state index contributed by atoms with van der Waals surface area (Å²) in [6.45, 7) is 1.24. The molecule has 1 N–H and O–H groups in total. The highest BCUT2D eigenvalue weighted by atomic mass is 16.5. The molecule has 0 spiro atoms. The van der Waals surface area contributed by atoms with E-state index in [1.807, 2.05) is 42.5 Å². The number of methoxy groups -OCH3 is 1. The summed E-state index contributed by atoms with van der Waals surface area (Å²) in [6, 6.07) is 18.0. The summed E-state index contributed by atoms with van der Waals surface area (Å²) in [7, 11) is 1.65. The third-order valence-corrected chi connectivity index (χ3v) is 3.41. The number of benzene rings is 2. The summed E-state index contributed by atoms with van der Waals surface area (Å²) < 4.78 is 10.8. The van der Waals surface area contributed by atoms with Crippen LogP contribution in [0.15, 0.2) is 54.6 Å². The van der Waals surface area contributed by atoms with E-state index in [4.69, 9.17) is 9.47 Å². The molecule has 0 radical (unpaired) electrons. The van der Waals surface area contributed by atoms with Crippen LogP contribution in [0.4, 0.5) is 0 Å². The molecule has 0 fully saturated rings. The van der Waals surface area contributed by atoms with E-state index < -0.39 is 0 Å². The van der Waals surface area contributed by atoms with Gasteiger partial charge in [0.2, 0.25) is 0 Å². The first-order valence-corrected chi connectivity index (χ1v) is 7.17. The minimum atomic E-state index is 0.130. The molecule has 2 rings (SSSR count). The van der Waals surface area contributed by atoms with Crippen LogP contribution >= 0.6 is 0 Å². The highest BCUT2D eigenvalue weighted by Crippen LogP contribution is 2.13. The monoisotopic (exact) mass is 286 g/mol. The van der Waals surface area contributed by atoms with Crippen molar-refractivity contribution in [2.45, 2.75) is 13.0 Å². The van der Waals surface area contributed by atoms with Crippen LogP contribution in [0.5, 0.6) is 5.75 Å². The minimum absolute atomic E-state index is 0.130. The zero-order chi connectivity index (χ0) is 14.9. The lowest BCUT2D eigenvalue weighted by Crippen LogP contribution is -2.16. The van der Waals surface area contributed by atoms with Crippen molar-refractivity contribution in [3.63, 3.8) is 0 Å². The molecule has 0 amide bonds. The Balaban J connectivity index is 1.77. The lowest BCUT2D eigenvalue weighted by atomic mass is 10.0. The summed E-state index contributed by atoms with van der Waals surface area (Å²) in [5, 5.41) is 9.46. The van der Waals surface area contributed by atoms with Crippen molar-refractivity contribution in [1.29, 1.82) is 0 Å². The van der Waals surface area contributed by atoms with E-state index in [-0.39, 0.29) is 12.5 Å². The quantitative estimate of drug-likeness (QED) is 0.810. The van der Waals surface area contributed by atoms with E-state index in [0.29, 0.717) is 13.2 Å². The molecule has 0 aliphatic heterocycles. The minimum Gasteiger partial charge on any atom is -0.497 e. The number of aliphatic hydroxyl groups excluding tert-OH is 1. The van der Waals surface area contributed by atoms with E-state index in [9.17, 15) is 5.11 Å². The molecule has 0 aliphatic rings. The van der Waals surface area contributed by atoms with Gasteiger partial charge in [0, 0.05) is 12.5 Å². The SMILES string of the molecule is COc1ccc(COC[C@@H](CO)Cc2ccccc2)cc1. The zero-order valence-electron chi connectivity index (χ0n) is 12.4. The molecule has 112 valence electrons. The standard InChI is InChI=1S/C18H22O3/c1-20-18-9-7-16(8-10-18)13-21-14-17(12-19)11-15-5-3-2-4-6-15/h2-10,17,19H,11-14H2,1H3/t17-/m1/s1. The van der Waals surface area contributed by atoms with E-state index in [2.05, 4.69) is 12.1 Å². The average Bonchev–Trinajstić information content (AvgIpc) is 2.55. The molecule has 0 saturated carbocycles. The van der Waals surface area contributed by atoms with Gasteiger partial charge in [0.25, 0.3) is 0 Å². The number of ether oxygens (including phenoxy) is 2. The van der Waals surface area contributed by atoms with E-state index >= 15 is 0 Å². The molecule has 0 aliphatic carbocycles. The first-order chi connectivity index (χ1) is 10.3. The van der Waals surface area contributed by atoms with Crippen LogP contribution in [0.2, 0.25) is 0 Å². The molecule has 2 aromatic carbocycles. The zero-order valence-corrected chi connectivity index (χ0v) is 12.4. The van der Waals surface area contributed by atoms with Gasteiger partial charge in [-0.15, -0.1) is 0 Å². The van der Waals surface area contributed by atoms with Gasteiger partial charge in [0.15, 0.2) is 0 Å². The summed E-state index contributed by atoms with van der Waals surface area (Å²) in [4.78, 5) is 0. The molecule has 0 bridgehead atoms.